The van der Waals surface area contributed by atoms with E-state index in [1.54, 1.807) is 24.3 Å². The standard InChI is InChI=1S/C21H28N10O/c1-3-17(28-30-19(22)23)13-5-9-15(10-6-13)26-21(32)27-16-11-7-14(8-12-16)18(4-2)29-31-20(24)25/h5-12H,3-4H2,1-2H3,(H4,22,23,30)(H4,24,25,31)(H2,26,27,32)/b28-17-,29-18+. The molecule has 2 amide bonds. The van der Waals surface area contributed by atoms with Crippen molar-refractivity contribution in [2.45, 2.75) is 26.7 Å². The van der Waals surface area contributed by atoms with E-state index >= 15 is 0 Å². The molecule has 0 fully saturated rings. The first-order valence-electron chi connectivity index (χ1n) is 9.92. The Hall–Kier alpha value is -4.41. The number of nitrogens with zero attached hydrogens (tertiary/aromatic N) is 4. The maximum Gasteiger partial charge on any atom is 0.323 e. The number of guanidine groups is 2. The first kappa shape index (κ1) is 23.9. The highest BCUT2D eigenvalue weighted by molar-refractivity contribution is 6.03. The Morgan fingerprint density at radius 2 is 1.00 bits per heavy atom. The van der Waals surface area contributed by atoms with Crippen molar-refractivity contribution in [3.63, 3.8) is 0 Å². The van der Waals surface area contributed by atoms with Crippen molar-refractivity contribution in [3.05, 3.63) is 59.7 Å². The summed E-state index contributed by atoms with van der Waals surface area (Å²) < 4.78 is 0. The Labute approximate surface area is 186 Å². The van der Waals surface area contributed by atoms with Gasteiger partial charge in [-0.25, -0.2) is 4.79 Å². The van der Waals surface area contributed by atoms with Crippen molar-refractivity contribution >= 4 is 40.7 Å². The smallest absolute Gasteiger partial charge is 0.323 e. The first-order valence-corrected chi connectivity index (χ1v) is 9.92. The van der Waals surface area contributed by atoms with E-state index in [0.717, 1.165) is 22.6 Å². The molecule has 2 rings (SSSR count). The third-order valence-electron chi connectivity index (χ3n) is 4.19. The zero-order valence-electron chi connectivity index (χ0n) is 18.0. The molecule has 11 nitrogen and oxygen atoms in total. The number of anilines is 2. The van der Waals surface area contributed by atoms with Gasteiger partial charge < -0.3 is 33.6 Å². The third kappa shape index (κ3) is 7.44. The number of carbonyl (C=O) groups is 1. The molecule has 0 bridgehead atoms. The molecule has 0 aliphatic rings. The largest absolute Gasteiger partial charge is 0.369 e. The minimum absolute atomic E-state index is 0.106. The van der Waals surface area contributed by atoms with Gasteiger partial charge in [0.05, 0.1) is 11.4 Å². The number of benzene rings is 2. The highest BCUT2D eigenvalue weighted by Crippen LogP contribution is 2.15. The van der Waals surface area contributed by atoms with Crippen LogP contribution >= 0.6 is 0 Å². The Morgan fingerprint density at radius 3 is 1.28 bits per heavy atom. The SMILES string of the molecule is CC/C(=N/N=C(N)N)c1ccc(NC(=O)Nc2ccc(/C(CC)=N/N=C(N)N)cc2)cc1. The van der Waals surface area contributed by atoms with E-state index in [0.29, 0.717) is 24.2 Å². The lowest BCUT2D eigenvalue weighted by Gasteiger charge is -2.10. The normalized spacial score (nSPS) is 11.4. The van der Waals surface area contributed by atoms with Gasteiger partial charge in [-0.05, 0) is 48.2 Å². The number of nitrogens with two attached hydrogens (primary N) is 4. The molecule has 0 aliphatic carbocycles. The van der Waals surface area contributed by atoms with Gasteiger partial charge in [-0.3, -0.25) is 0 Å². The fourth-order valence-corrected chi connectivity index (χ4v) is 2.69. The molecule has 0 saturated carbocycles. The predicted molar refractivity (Wildman–Crippen MR) is 131 cm³/mol. The zero-order chi connectivity index (χ0) is 23.5. The molecule has 2 aromatic rings. The third-order valence-corrected chi connectivity index (χ3v) is 4.19. The van der Waals surface area contributed by atoms with Crippen molar-refractivity contribution in [2.24, 2.45) is 43.3 Å². The Balaban J connectivity index is 2.02. The quantitative estimate of drug-likeness (QED) is 0.209. The monoisotopic (exact) mass is 436 g/mol. The molecule has 32 heavy (non-hydrogen) atoms. The molecular formula is C21H28N10O. The van der Waals surface area contributed by atoms with Crippen LogP contribution < -0.4 is 33.6 Å². The Morgan fingerprint density at radius 1 is 0.656 bits per heavy atom. The topological polar surface area (TPSA) is 195 Å². The Bertz CT molecular complexity index is 946. The highest BCUT2D eigenvalue weighted by atomic mass is 16.2. The predicted octanol–water partition coefficient (Wildman–Crippen LogP) is 2.11. The maximum absolute atomic E-state index is 12.3. The summed E-state index contributed by atoms with van der Waals surface area (Å²) in [5.41, 5.74) is 25.7. The number of nitrogens with one attached hydrogen (secondary N) is 2. The minimum atomic E-state index is -0.375. The van der Waals surface area contributed by atoms with Gasteiger partial charge in [0.25, 0.3) is 0 Å². The summed E-state index contributed by atoms with van der Waals surface area (Å²) in [4.78, 5) is 12.3. The lowest BCUT2D eigenvalue weighted by atomic mass is 10.1. The second-order valence-electron chi connectivity index (χ2n) is 6.58. The zero-order valence-corrected chi connectivity index (χ0v) is 18.0. The molecule has 0 aliphatic heterocycles. The highest BCUT2D eigenvalue weighted by Gasteiger charge is 2.07. The molecule has 0 atom stereocenters. The van der Waals surface area contributed by atoms with Crippen molar-refractivity contribution < 1.29 is 4.79 Å². The van der Waals surface area contributed by atoms with Crippen LogP contribution in [0.25, 0.3) is 0 Å². The van der Waals surface area contributed by atoms with Gasteiger partial charge in [0.2, 0.25) is 11.9 Å². The van der Waals surface area contributed by atoms with Gasteiger partial charge in [0.1, 0.15) is 0 Å². The lowest BCUT2D eigenvalue weighted by molar-refractivity contribution is 0.262. The maximum atomic E-state index is 12.3. The summed E-state index contributed by atoms with van der Waals surface area (Å²) in [6.07, 6.45) is 1.30. The molecule has 11 heteroatoms. The number of rotatable bonds is 8. The van der Waals surface area contributed by atoms with E-state index in [9.17, 15) is 4.79 Å². The summed E-state index contributed by atoms with van der Waals surface area (Å²) in [6, 6.07) is 14.0. The van der Waals surface area contributed by atoms with Gasteiger partial charge >= 0.3 is 6.03 Å². The fourth-order valence-electron chi connectivity index (χ4n) is 2.69. The molecular weight excluding hydrogens is 408 g/mol. The molecule has 0 heterocycles. The number of urea groups is 1. The molecule has 10 N–H and O–H groups in total. The van der Waals surface area contributed by atoms with E-state index < -0.39 is 0 Å². The molecule has 0 saturated heterocycles. The van der Waals surface area contributed by atoms with Crippen LogP contribution in [-0.4, -0.2) is 29.4 Å². The van der Waals surface area contributed by atoms with Gasteiger partial charge in [0, 0.05) is 11.4 Å². The molecule has 2 aromatic carbocycles. The van der Waals surface area contributed by atoms with Gasteiger partial charge in [-0.15, -0.1) is 10.2 Å². The fraction of sp³-hybridized carbons (Fsp3) is 0.190. The van der Waals surface area contributed by atoms with Crippen molar-refractivity contribution in [1.29, 1.82) is 0 Å². The lowest BCUT2D eigenvalue weighted by Crippen LogP contribution is -2.22. The van der Waals surface area contributed by atoms with E-state index in [2.05, 4.69) is 31.0 Å². The van der Waals surface area contributed by atoms with Crippen molar-refractivity contribution in [3.8, 4) is 0 Å². The summed E-state index contributed by atoms with van der Waals surface area (Å²) in [7, 11) is 0. The van der Waals surface area contributed by atoms with Crippen LogP contribution in [-0.2, 0) is 0 Å². The van der Waals surface area contributed by atoms with Crippen LogP contribution in [0.3, 0.4) is 0 Å². The number of carbonyl (C=O) groups excluding carboxylic acids is 1. The van der Waals surface area contributed by atoms with Crippen LogP contribution in [0.15, 0.2) is 68.9 Å². The van der Waals surface area contributed by atoms with Crippen LogP contribution in [0.2, 0.25) is 0 Å². The van der Waals surface area contributed by atoms with Crippen LogP contribution in [0, 0.1) is 0 Å². The van der Waals surface area contributed by atoms with Crippen LogP contribution in [0.5, 0.6) is 0 Å². The van der Waals surface area contributed by atoms with Gasteiger partial charge in [0.15, 0.2) is 0 Å². The summed E-state index contributed by atoms with van der Waals surface area (Å²) >= 11 is 0. The molecule has 0 unspecified atom stereocenters. The van der Waals surface area contributed by atoms with E-state index in [4.69, 9.17) is 22.9 Å². The van der Waals surface area contributed by atoms with E-state index in [1.807, 2.05) is 38.1 Å². The van der Waals surface area contributed by atoms with E-state index in [-0.39, 0.29) is 18.0 Å². The average Bonchev–Trinajstić information content (AvgIpc) is 2.76. The first-order chi connectivity index (χ1) is 15.3. The number of amides is 2. The van der Waals surface area contributed by atoms with E-state index in [1.165, 1.54) is 0 Å². The second-order valence-corrected chi connectivity index (χ2v) is 6.58. The Kier molecular flexibility index (Phi) is 8.72. The molecule has 168 valence electrons. The summed E-state index contributed by atoms with van der Waals surface area (Å²) in [6.45, 7) is 3.89. The second kappa shape index (κ2) is 11.7. The van der Waals surface area contributed by atoms with Gasteiger partial charge in [-0.1, -0.05) is 38.1 Å². The van der Waals surface area contributed by atoms with Crippen molar-refractivity contribution in [1.82, 2.24) is 0 Å². The molecule has 0 radical (unpaired) electrons. The minimum Gasteiger partial charge on any atom is -0.369 e. The average molecular weight is 437 g/mol. The number of hydrogen-bond donors (Lipinski definition) is 6. The molecule has 0 spiro atoms. The van der Waals surface area contributed by atoms with Crippen LogP contribution in [0.1, 0.15) is 37.8 Å². The van der Waals surface area contributed by atoms with Crippen LogP contribution in [0.4, 0.5) is 16.2 Å². The summed E-state index contributed by atoms with van der Waals surface area (Å²) in [5, 5.41) is 21.0. The van der Waals surface area contributed by atoms with Gasteiger partial charge in [-0.2, -0.15) is 10.2 Å². The molecule has 0 aromatic heterocycles. The van der Waals surface area contributed by atoms with Crippen molar-refractivity contribution in [2.75, 3.05) is 10.6 Å². The number of hydrogen-bond acceptors (Lipinski definition) is 5. The summed E-state index contributed by atoms with van der Waals surface area (Å²) in [5.74, 6) is -0.211.